The molecular weight excluding hydrogens is 184 g/mol. The molecule has 2 heteroatoms. The first kappa shape index (κ1) is 9.87. The zero-order valence-electron chi connectivity index (χ0n) is 8.56. The molecule has 0 unspecified atom stereocenters. The maximum Gasteiger partial charge on any atom is 0.0707 e. The van der Waals surface area contributed by atoms with Crippen LogP contribution in [0.3, 0.4) is 0 Å². The Kier molecular flexibility index (Phi) is 3.10. The van der Waals surface area contributed by atoms with E-state index in [2.05, 4.69) is 23.2 Å². The van der Waals surface area contributed by atoms with E-state index >= 15 is 0 Å². The zero-order chi connectivity index (χ0) is 10.5. The normalized spacial score (nSPS) is 11.3. The van der Waals surface area contributed by atoms with E-state index in [1.807, 2.05) is 30.5 Å². The van der Waals surface area contributed by atoms with Crippen molar-refractivity contribution in [2.24, 2.45) is 5.73 Å². The lowest BCUT2D eigenvalue weighted by molar-refractivity contribution is 1.01. The van der Waals surface area contributed by atoms with Gasteiger partial charge in [-0.3, -0.25) is 4.98 Å². The highest BCUT2D eigenvalue weighted by atomic mass is 14.6. The molecule has 2 N–H and O–H groups in total. The predicted octanol–water partition coefficient (Wildman–Crippen LogP) is 2.60. The minimum Gasteiger partial charge on any atom is -0.330 e. The lowest BCUT2D eigenvalue weighted by Crippen LogP contribution is -1.95. The Morgan fingerprint density at radius 1 is 1.20 bits per heavy atom. The van der Waals surface area contributed by atoms with Crippen LogP contribution in [0, 0.1) is 0 Å². The van der Waals surface area contributed by atoms with Crippen LogP contribution in [-0.2, 0) is 0 Å². The number of pyridine rings is 1. The highest BCUT2D eigenvalue weighted by molar-refractivity contribution is 5.87. The maximum atomic E-state index is 5.44. The maximum absolute atomic E-state index is 5.44. The summed E-state index contributed by atoms with van der Waals surface area (Å²) >= 11 is 0. The van der Waals surface area contributed by atoms with Gasteiger partial charge >= 0.3 is 0 Å². The van der Waals surface area contributed by atoms with E-state index in [1.54, 1.807) is 0 Å². The Balaban J connectivity index is 2.42. The summed E-state index contributed by atoms with van der Waals surface area (Å²) in [4.78, 5) is 4.31. The summed E-state index contributed by atoms with van der Waals surface area (Å²) < 4.78 is 0. The van der Waals surface area contributed by atoms with Crippen LogP contribution >= 0.6 is 0 Å². The Morgan fingerprint density at radius 2 is 2.07 bits per heavy atom. The summed E-state index contributed by atoms with van der Waals surface area (Å²) in [5, 5.41) is 1.19. The molecule has 2 aromatic rings. The highest BCUT2D eigenvalue weighted by Gasteiger charge is 1.96. The SMILES string of the molecule is NCCC=Cc1ccnc2ccccc12. The molecule has 0 aliphatic carbocycles. The minimum absolute atomic E-state index is 0.694. The van der Waals surface area contributed by atoms with E-state index in [0.717, 1.165) is 11.9 Å². The molecule has 76 valence electrons. The van der Waals surface area contributed by atoms with Gasteiger partial charge < -0.3 is 5.73 Å². The molecule has 0 fully saturated rings. The molecule has 1 aromatic carbocycles. The number of para-hydroxylation sites is 1. The molecule has 0 saturated heterocycles. The second-order valence-corrected chi connectivity index (χ2v) is 3.40. The summed E-state index contributed by atoms with van der Waals surface area (Å²) in [7, 11) is 0. The number of rotatable bonds is 3. The molecule has 0 amide bonds. The van der Waals surface area contributed by atoms with Crippen LogP contribution in [0.1, 0.15) is 12.0 Å². The van der Waals surface area contributed by atoms with Gasteiger partial charge in [0.25, 0.3) is 0 Å². The second kappa shape index (κ2) is 4.71. The summed E-state index contributed by atoms with van der Waals surface area (Å²) in [6.45, 7) is 0.694. The molecule has 0 saturated carbocycles. The van der Waals surface area contributed by atoms with Crippen LogP contribution in [0.2, 0.25) is 0 Å². The molecule has 0 atom stereocenters. The van der Waals surface area contributed by atoms with Gasteiger partial charge in [0.05, 0.1) is 5.52 Å². The van der Waals surface area contributed by atoms with Crippen molar-refractivity contribution >= 4 is 17.0 Å². The Morgan fingerprint density at radius 3 is 2.93 bits per heavy atom. The van der Waals surface area contributed by atoms with E-state index < -0.39 is 0 Å². The van der Waals surface area contributed by atoms with Crippen LogP contribution in [0.25, 0.3) is 17.0 Å². The van der Waals surface area contributed by atoms with E-state index in [-0.39, 0.29) is 0 Å². The van der Waals surface area contributed by atoms with Gasteiger partial charge in [-0.15, -0.1) is 0 Å². The lowest BCUT2D eigenvalue weighted by Gasteiger charge is -2.00. The largest absolute Gasteiger partial charge is 0.330 e. The molecule has 2 nitrogen and oxygen atoms in total. The number of benzene rings is 1. The van der Waals surface area contributed by atoms with Crippen LogP contribution in [0.4, 0.5) is 0 Å². The first-order chi connectivity index (χ1) is 7.42. The van der Waals surface area contributed by atoms with Crippen molar-refractivity contribution in [2.75, 3.05) is 6.54 Å². The van der Waals surface area contributed by atoms with Gasteiger partial charge in [-0.1, -0.05) is 30.4 Å². The minimum atomic E-state index is 0.694. The Hall–Kier alpha value is -1.67. The zero-order valence-corrected chi connectivity index (χ0v) is 8.56. The molecule has 1 aromatic heterocycles. The third kappa shape index (κ3) is 2.22. The van der Waals surface area contributed by atoms with Crippen molar-refractivity contribution < 1.29 is 0 Å². The number of nitrogens with two attached hydrogens (primary N) is 1. The van der Waals surface area contributed by atoms with Crippen LogP contribution in [0.15, 0.2) is 42.6 Å². The van der Waals surface area contributed by atoms with E-state index in [4.69, 9.17) is 5.73 Å². The smallest absolute Gasteiger partial charge is 0.0707 e. The molecule has 15 heavy (non-hydrogen) atoms. The van der Waals surface area contributed by atoms with E-state index in [9.17, 15) is 0 Å². The van der Waals surface area contributed by atoms with Gasteiger partial charge in [-0.05, 0) is 30.7 Å². The fourth-order valence-corrected chi connectivity index (χ4v) is 1.57. The number of hydrogen-bond acceptors (Lipinski definition) is 2. The monoisotopic (exact) mass is 198 g/mol. The predicted molar refractivity (Wildman–Crippen MR) is 64.4 cm³/mol. The van der Waals surface area contributed by atoms with Crippen molar-refractivity contribution in [1.29, 1.82) is 0 Å². The van der Waals surface area contributed by atoms with Gasteiger partial charge in [0.15, 0.2) is 0 Å². The first-order valence-corrected chi connectivity index (χ1v) is 5.12. The van der Waals surface area contributed by atoms with Crippen LogP contribution in [0.5, 0.6) is 0 Å². The number of hydrogen-bond donors (Lipinski definition) is 1. The van der Waals surface area contributed by atoms with Crippen molar-refractivity contribution in [2.45, 2.75) is 6.42 Å². The van der Waals surface area contributed by atoms with Gasteiger partial charge in [0.1, 0.15) is 0 Å². The molecule has 0 spiro atoms. The summed E-state index contributed by atoms with van der Waals surface area (Å²) in [6.07, 6.45) is 6.96. The van der Waals surface area contributed by atoms with Gasteiger partial charge in [0, 0.05) is 11.6 Å². The number of aromatic nitrogens is 1. The summed E-state index contributed by atoms with van der Waals surface area (Å²) in [6, 6.07) is 10.2. The molecule has 0 aliphatic heterocycles. The Bertz CT molecular complexity index is 469. The lowest BCUT2D eigenvalue weighted by atomic mass is 10.1. The highest BCUT2D eigenvalue weighted by Crippen LogP contribution is 2.17. The molecule has 2 rings (SSSR count). The third-order valence-corrected chi connectivity index (χ3v) is 2.31. The fraction of sp³-hybridized carbons (Fsp3) is 0.154. The van der Waals surface area contributed by atoms with Crippen molar-refractivity contribution in [1.82, 2.24) is 4.98 Å². The first-order valence-electron chi connectivity index (χ1n) is 5.12. The quantitative estimate of drug-likeness (QED) is 0.823. The molecule has 0 aliphatic rings. The second-order valence-electron chi connectivity index (χ2n) is 3.40. The molecule has 1 heterocycles. The van der Waals surface area contributed by atoms with Crippen molar-refractivity contribution in [3.63, 3.8) is 0 Å². The fourth-order valence-electron chi connectivity index (χ4n) is 1.57. The summed E-state index contributed by atoms with van der Waals surface area (Å²) in [5.41, 5.74) is 7.68. The number of nitrogens with zero attached hydrogens (tertiary/aromatic N) is 1. The number of fused-ring (bicyclic) bond motifs is 1. The average molecular weight is 198 g/mol. The van der Waals surface area contributed by atoms with E-state index in [0.29, 0.717) is 6.54 Å². The van der Waals surface area contributed by atoms with Crippen molar-refractivity contribution in [3.05, 3.63) is 48.2 Å². The van der Waals surface area contributed by atoms with Gasteiger partial charge in [-0.2, -0.15) is 0 Å². The molecule has 0 radical (unpaired) electrons. The van der Waals surface area contributed by atoms with Crippen molar-refractivity contribution in [3.8, 4) is 0 Å². The third-order valence-electron chi connectivity index (χ3n) is 2.31. The molecular formula is C13H14N2. The molecule has 0 bridgehead atoms. The topological polar surface area (TPSA) is 38.9 Å². The average Bonchev–Trinajstić information content (AvgIpc) is 2.30. The van der Waals surface area contributed by atoms with Gasteiger partial charge in [-0.25, -0.2) is 0 Å². The van der Waals surface area contributed by atoms with Gasteiger partial charge in [0.2, 0.25) is 0 Å². The standard InChI is InChI=1S/C13H14N2/c14-9-4-3-5-11-8-10-15-13-7-2-1-6-12(11)13/h1-3,5-8,10H,4,9,14H2. The summed E-state index contributed by atoms with van der Waals surface area (Å²) in [5.74, 6) is 0. The van der Waals surface area contributed by atoms with E-state index in [1.165, 1.54) is 10.9 Å². The van der Waals surface area contributed by atoms with Crippen LogP contribution in [-0.4, -0.2) is 11.5 Å². The Labute approximate surface area is 89.4 Å². The van der Waals surface area contributed by atoms with Crippen LogP contribution < -0.4 is 5.73 Å².